The van der Waals surface area contributed by atoms with Crippen molar-refractivity contribution in [2.75, 3.05) is 165 Å². The molecule has 2 amide bonds. The number of nitrogens with zero attached hydrogens (tertiary/aromatic N) is 4. The Bertz CT molecular complexity index is 4300. The number of hydrogen-bond donors (Lipinski definition) is 5. The van der Waals surface area contributed by atoms with Crippen LogP contribution in [-0.4, -0.2) is 304 Å². The number of allylic oxidation sites excluding steroid dienone is 5. The molecule has 5 aliphatic rings. The summed E-state index contributed by atoms with van der Waals surface area (Å²) in [5.74, 6) is -7.01. The third-order valence-corrected chi connectivity index (χ3v) is 26.9. The molecule has 2 saturated heterocycles. The lowest BCUT2D eigenvalue weighted by atomic mass is 9.78. The van der Waals surface area contributed by atoms with Gasteiger partial charge in [-0.05, 0) is 180 Å². The van der Waals surface area contributed by atoms with Crippen molar-refractivity contribution in [2.45, 2.75) is 237 Å². The second-order valence-corrected chi connectivity index (χ2v) is 37.4. The average molecular weight is 1860 g/mol. The van der Waals surface area contributed by atoms with Crippen molar-refractivity contribution >= 4 is 56.5 Å². The molecular formula is C98H147N5O27S. The number of amides is 2. The lowest BCUT2D eigenvalue weighted by Gasteiger charge is -2.43. The maximum atomic E-state index is 14.7. The minimum Gasteiger partial charge on any atom is -0.491 e. The number of cyclic esters (lactones) is 1. The van der Waals surface area contributed by atoms with Crippen LogP contribution in [0.4, 0.5) is 5.82 Å². The first-order chi connectivity index (χ1) is 62.9. The SMILES string of the molecule is CO[C@H]1C[C@@H]2CC[C@@H](C)[C@@](O)(O2)C(=O)C(=O)N2CCCC[C@H]2C(=O)O[C@H]([C@H](C)C[C@@H]2CC[C@@H](O)[C@H](OC)C2)C[C@@H](O)[C@H](C)/C=C(\C)[C@@H](O)[C@@H](OC)C(=NOCC(=O)CCCOCCOCCOCCOCCOCCOCCOCCOCCC(=O)CCCS(=O)(=O)c2ccc(C(=O)N3CCOc4ccc(-c5ccc(N)nc5)cc4C3)c(C)c2)[C@H](C)C[C@H](C)/C=C/C=C/C=C/1C. The van der Waals surface area contributed by atoms with Crippen LogP contribution in [0, 0.1) is 42.4 Å². The first kappa shape index (κ1) is 109. The smallest absolute Gasteiger partial charge is 0.329 e. The van der Waals surface area contributed by atoms with Crippen molar-refractivity contribution in [3.8, 4) is 16.9 Å². The van der Waals surface area contributed by atoms with Gasteiger partial charge in [0.15, 0.2) is 22.2 Å². The zero-order chi connectivity index (χ0) is 94.8. The number of Topliss-reactive ketones (excluding diaryl/α,β-unsaturated/α-hetero) is 3. The molecule has 1 aliphatic carbocycles. The molecule has 732 valence electrons. The zero-order valence-electron chi connectivity index (χ0n) is 78.9. The quantitative estimate of drug-likeness (QED) is 0.0115. The van der Waals surface area contributed by atoms with Gasteiger partial charge in [0.1, 0.15) is 48.3 Å². The number of nitrogen functional groups attached to an aromatic ring is 1. The number of anilines is 1. The number of nitrogens with two attached hydrogens (primary N) is 1. The van der Waals surface area contributed by atoms with E-state index in [1.54, 1.807) is 71.2 Å². The number of esters is 1. The summed E-state index contributed by atoms with van der Waals surface area (Å²) in [6, 6.07) is 12.8. The number of piperidine rings is 1. The lowest BCUT2D eigenvalue weighted by molar-refractivity contribution is -0.265. The number of oxime groups is 1. The fraction of sp³-hybridized carbons (Fsp3) is 0.673. The van der Waals surface area contributed by atoms with Crippen molar-refractivity contribution in [1.29, 1.82) is 0 Å². The van der Waals surface area contributed by atoms with E-state index in [2.05, 4.69) is 10.1 Å². The number of sulfone groups is 1. The van der Waals surface area contributed by atoms with Crippen LogP contribution in [-0.2, 0) is 107 Å². The molecule has 4 aliphatic heterocycles. The highest BCUT2D eigenvalue weighted by Gasteiger charge is 2.53. The lowest BCUT2D eigenvalue weighted by Crippen LogP contribution is -2.61. The molecule has 32 nitrogen and oxygen atoms in total. The van der Waals surface area contributed by atoms with Gasteiger partial charge < -0.3 is 107 Å². The second kappa shape index (κ2) is 57.3. The summed E-state index contributed by atoms with van der Waals surface area (Å²) in [6.07, 6.45) is 13.0. The highest BCUT2D eigenvalue weighted by molar-refractivity contribution is 7.91. The fourth-order valence-corrected chi connectivity index (χ4v) is 18.5. The van der Waals surface area contributed by atoms with Crippen LogP contribution in [0.25, 0.3) is 11.1 Å². The molecule has 1 saturated carbocycles. The molecule has 16 atom stereocenters. The van der Waals surface area contributed by atoms with Gasteiger partial charge in [0, 0.05) is 114 Å². The maximum Gasteiger partial charge on any atom is 0.329 e. The molecular weight excluding hydrogens is 1710 g/mol. The number of carbonyl (C=O) groups is 6. The summed E-state index contributed by atoms with van der Waals surface area (Å²) in [5.41, 5.74) is 11.0. The summed E-state index contributed by atoms with van der Waals surface area (Å²) in [4.78, 5) is 96.4. The van der Waals surface area contributed by atoms with E-state index in [0.717, 1.165) is 22.3 Å². The molecule has 2 bridgehead atoms. The maximum absolute atomic E-state index is 14.7. The molecule has 131 heavy (non-hydrogen) atoms. The van der Waals surface area contributed by atoms with Gasteiger partial charge >= 0.3 is 5.97 Å². The first-order valence-corrected chi connectivity index (χ1v) is 48.3. The van der Waals surface area contributed by atoms with Crippen LogP contribution >= 0.6 is 0 Å². The van der Waals surface area contributed by atoms with Crippen LogP contribution in [0.5, 0.6) is 5.75 Å². The molecule has 8 rings (SSSR count). The van der Waals surface area contributed by atoms with Gasteiger partial charge in [0.2, 0.25) is 5.79 Å². The van der Waals surface area contributed by atoms with Gasteiger partial charge in [-0.3, -0.25) is 24.0 Å². The van der Waals surface area contributed by atoms with Crippen molar-refractivity contribution in [3.05, 3.63) is 119 Å². The summed E-state index contributed by atoms with van der Waals surface area (Å²) < 4.78 is 108. The minimum atomic E-state index is -3.72. The number of aryl methyl sites for hydroxylation is 1. The molecule has 6 N–H and O–H groups in total. The highest BCUT2D eigenvalue weighted by atomic mass is 32.2. The van der Waals surface area contributed by atoms with E-state index in [0.29, 0.717) is 210 Å². The minimum absolute atomic E-state index is 0.0277. The summed E-state index contributed by atoms with van der Waals surface area (Å²) in [7, 11) is 0.880. The number of methoxy groups -OCH3 is 3. The Hall–Kier alpha value is -7.65. The van der Waals surface area contributed by atoms with Gasteiger partial charge in [-0.15, -0.1) is 0 Å². The third kappa shape index (κ3) is 35.5. The van der Waals surface area contributed by atoms with E-state index in [-0.39, 0.29) is 129 Å². The van der Waals surface area contributed by atoms with E-state index in [1.807, 2.05) is 82.3 Å². The van der Waals surface area contributed by atoms with Gasteiger partial charge in [-0.2, -0.15) is 0 Å². The second-order valence-electron chi connectivity index (χ2n) is 35.3. The van der Waals surface area contributed by atoms with E-state index < -0.39 is 93.9 Å². The number of benzene rings is 2. The number of rotatable bonds is 44. The number of carbonyl (C=O) groups excluding carboxylic acids is 6. The number of pyridine rings is 1. The summed E-state index contributed by atoms with van der Waals surface area (Å²) in [5, 5.41) is 51.8. The standard InChI is InChI=1S/C98H147N5O27S/c1-66-19-13-12-14-20-67(2)87(116-9)61-80-28-24-73(8)98(113,130-80)94(109)96(111)103-35-16-15-23-83(103)97(112)129-88(70(5)57-74-25-31-84(106)89(59-74)117-10)62-85(107)69(4)56-72(7)92(108)93(118-11)91(71(6)55-66)101-128-65-79(105)21-17-37-119-40-42-121-44-46-123-48-50-125-52-53-126-51-49-124-47-45-122-43-41-120-38-34-78(104)22-18-54-131(114,115)81-29-30-82(68(3)58-81)95(110)102-36-39-127-86-32-26-75(60-77(86)64-102)76-27-33-90(99)100-63-76/h12-14,19-20,26-27,29-30,32-33,56,58,60,63,66,69-71,73-74,80,83-85,87-89,92-93,106-108,113H,15-18,21-25,28,31,34-55,57,59,61-62,64-65H2,1-11H3,(H2,99,100)/b14-12+,19-13+,67-20+,72-56+,101-91?/t66-,69-,70-,71-,73-,74+,80+,83+,84-,85-,87+,88+,89-,92-,93+,98-/m1/s1. The Morgan fingerprint density at radius 3 is 1.95 bits per heavy atom. The van der Waals surface area contributed by atoms with Crippen molar-refractivity contribution in [3.63, 3.8) is 0 Å². The largest absolute Gasteiger partial charge is 0.491 e. The molecule has 0 radical (unpaired) electrons. The van der Waals surface area contributed by atoms with Crippen molar-refractivity contribution < 1.29 is 129 Å². The van der Waals surface area contributed by atoms with E-state index >= 15 is 0 Å². The van der Waals surface area contributed by atoms with E-state index in [9.17, 15) is 57.6 Å². The Morgan fingerprint density at radius 2 is 1.31 bits per heavy atom. The summed E-state index contributed by atoms with van der Waals surface area (Å²) >= 11 is 0. The number of ether oxygens (including phenoxy) is 14. The van der Waals surface area contributed by atoms with Crippen LogP contribution < -0.4 is 10.5 Å². The van der Waals surface area contributed by atoms with Gasteiger partial charge in [-0.25, -0.2) is 18.2 Å². The predicted molar refractivity (Wildman–Crippen MR) is 492 cm³/mol. The van der Waals surface area contributed by atoms with Crippen LogP contribution in [0.2, 0.25) is 0 Å². The molecule has 0 unspecified atom stereocenters. The Kier molecular flexibility index (Phi) is 47.5. The Balaban J connectivity index is 0.675. The highest BCUT2D eigenvalue weighted by Crippen LogP contribution is 2.39. The zero-order valence-corrected chi connectivity index (χ0v) is 79.7. The van der Waals surface area contributed by atoms with E-state index in [4.69, 9.17) is 76.9 Å². The fourth-order valence-electron chi connectivity index (χ4n) is 17.1. The Labute approximate surface area is 774 Å². The molecule has 1 aromatic heterocycles. The average Bonchev–Trinajstić information content (AvgIpc) is 1.01. The predicted octanol–water partition coefficient (Wildman–Crippen LogP) is 10.5. The van der Waals surface area contributed by atoms with Crippen LogP contribution in [0.1, 0.15) is 179 Å². The van der Waals surface area contributed by atoms with E-state index in [1.165, 1.54) is 24.1 Å². The van der Waals surface area contributed by atoms with Crippen molar-refractivity contribution in [1.82, 2.24) is 14.8 Å². The molecule has 0 spiro atoms. The number of aromatic nitrogens is 1. The number of aliphatic hydroxyl groups excluding tert-OH is 3. The van der Waals surface area contributed by atoms with Gasteiger partial charge in [0.05, 0.1) is 153 Å². The number of fused-ring (bicyclic) bond motifs is 4. The third-order valence-electron chi connectivity index (χ3n) is 25.1. The van der Waals surface area contributed by atoms with Crippen LogP contribution in [0.3, 0.4) is 0 Å². The van der Waals surface area contributed by atoms with Crippen LogP contribution in [0.15, 0.2) is 112 Å². The number of ketones is 3. The molecule has 2 aromatic carbocycles. The van der Waals surface area contributed by atoms with Gasteiger partial charge in [-0.1, -0.05) is 82.3 Å². The molecule has 3 fully saturated rings. The topological polar surface area (TPSA) is 414 Å². The summed E-state index contributed by atoms with van der Waals surface area (Å²) in [6.45, 7) is 20.9. The molecule has 3 aromatic rings. The Morgan fingerprint density at radius 1 is 0.664 bits per heavy atom. The number of aliphatic hydroxyl groups is 4. The first-order valence-electron chi connectivity index (χ1n) is 46.7. The molecule has 5 heterocycles. The monoisotopic (exact) mass is 1860 g/mol. The van der Waals surface area contributed by atoms with Crippen molar-refractivity contribution in [2.24, 2.45) is 40.7 Å². The normalized spacial score (nSPS) is 27.4. The number of hydrogen-bond acceptors (Lipinski definition) is 30. The van der Waals surface area contributed by atoms with Gasteiger partial charge in [0.25, 0.3) is 17.6 Å². The molecule has 33 heteroatoms.